The van der Waals surface area contributed by atoms with Crippen LogP contribution in [0.2, 0.25) is 0 Å². The fourth-order valence-electron chi connectivity index (χ4n) is 3.24. The summed E-state index contributed by atoms with van der Waals surface area (Å²) >= 11 is 0. The highest BCUT2D eigenvalue weighted by Gasteiger charge is 2.39. The number of nitrogens with one attached hydrogen (secondary N) is 1. The van der Waals surface area contributed by atoms with Crippen LogP contribution in [0.5, 0.6) is 5.75 Å². The van der Waals surface area contributed by atoms with Gasteiger partial charge in [0.15, 0.2) is 0 Å². The number of pyridine rings is 2. The molecule has 0 amide bonds. The summed E-state index contributed by atoms with van der Waals surface area (Å²) in [6.45, 7) is 0.706. The predicted octanol–water partition coefficient (Wildman–Crippen LogP) is 3.62. The van der Waals surface area contributed by atoms with E-state index in [1.54, 1.807) is 33.6 Å². The summed E-state index contributed by atoms with van der Waals surface area (Å²) in [7, 11) is -3.00. The van der Waals surface area contributed by atoms with Crippen LogP contribution in [0.1, 0.15) is 12.5 Å². The molecule has 4 rings (SSSR count). The molecule has 8 nitrogen and oxygen atoms in total. The number of hydrogen-bond acceptors (Lipinski definition) is 6. The van der Waals surface area contributed by atoms with Gasteiger partial charge in [-0.3, -0.25) is 9.55 Å². The quantitative estimate of drug-likeness (QED) is 0.583. The maximum atomic E-state index is 12.8. The first-order valence-corrected chi connectivity index (χ1v) is 11.0. The summed E-state index contributed by atoms with van der Waals surface area (Å²) in [5.41, 5.74) is 2.05. The van der Waals surface area contributed by atoms with Crippen molar-refractivity contribution in [2.45, 2.75) is 24.0 Å². The topological polar surface area (TPSA) is 110 Å². The Morgan fingerprint density at radius 1 is 1.24 bits per heavy atom. The Morgan fingerprint density at radius 2 is 1.97 bits per heavy atom. The Kier molecular flexibility index (Phi) is 5.47. The summed E-state index contributed by atoms with van der Waals surface area (Å²) < 4.78 is 71.5. The molecule has 1 N–H and O–H groups in total. The van der Waals surface area contributed by atoms with Crippen LogP contribution in [-0.2, 0) is 10.0 Å². The van der Waals surface area contributed by atoms with Crippen LogP contribution in [0.3, 0.4) is 0 Å². The molecule has 12 heteroatoms. The third-order valence-electron chi connectivity index (χ3n) is 5.03. The number of allylic oxidation sites excluding steroid dienone is 4. The highest BCUT2D eigenvalue weighted by molar-refractivity contribution is 7.89. The van der Waals surface area contributed by atoms with Gasteiger partial charge in [0.1, 0.15) is 28.4 Å². The molecule has 0 saturated carbocycles. The first-order chi connectivity index (χ1) is 15.6. The van der Waals surface area contributed by atoms with Gasteiger partial charge >= 0.3 is 6.18 Å². The lowest BCUT2D eigenvalue weighted by Gasteiger charge is -2.17. The van der Waals surface area contributed by atoms with Crippen molar-refractivity contribution < 1.29 is 26.3 Å². The smallest absolute Gasteiger partial charge is 0.404 e. The number of alkyl halides is 3. The number of ether oxygens (including phenoxy) is 1. The molecular weight excluding hydrogens is 459 g/mol. The Bertz CT molecular complexity index is 1450. The molecule has 33 heavy (non-hydrogen) atoms. The SMILES string of the molecule is COc1cnc2c(c1)c(C#N)c(-c1ccc(S(=O)(=O)N[C@H](C)C(F)(F)F)cn1)n2C1=CC=C1. The van der Waals surface area contributed by atoms with Crippen molar-refractivity contribution in [3.8, 4) is 23.2 Å². The van der Waals surface area contributed by atoms with Crippen LogP contribution in [0.4, 0.5) is 13.2 Å². The number of sulfonamides is 1. The Morgan fingerprint density at radius 3 is 2.48 bits per heavy atom. The molecule has 0 saturated heterocycles. The number of halogens is 3. The molecule has 0 aliphatic heterocycles. The van der Waals surface area contributed by atoms with E-state index in [0.717, 1.165) is 18.0 Å². The molecule has 0 bridgehead atoms. The fraction of sp³-hybridized carbons (Fsp3) is 0.190. The van der Waals surface area contributed by atoms with Crippen molar-refractivity contribution in [2.24, 2.45) is 0 Å². The third kappa shape index (κ3) is 3.96. The minimum Gasteiger partial charge on any atom is -0.495 e. The van der Waals surface area contributed by atoms with Crippen molar-refractivity contribution in [3.05, 3.63) is 54.4 Å². The molecule has 0 unspecified atom stereocenters. The van der Waals surface area contributed by atoms with Gasteiger partial charge in [-0.15, -0.1) is 0 Å². The first-order valence-electron chi connectivity index (χ1n) is 9.49. The monoisotopic (exact) mass is 475 g/mol. The van der Waals surface area contributed by atoms with Crippen LogP contribution < -0.4 is 9.46 Å². The van der Waals surface area contributed by atoms with Crippen LogP contribution in [0, 0.1) is 11.3 Å². The third-order valence-corrected chi connectivity index (χ3v) is 6.56. The summed E-state index contributed by atoms with van der Waals surface area (Å²) in [5, 5.41) is 10.4. The molecule has 3 heterocycles. The second kappa shape index (κ2) is 8.02. The van der Waals surface area contributed by atoms with E-state index in [0.29, 0.717) is 29.4 Å². The maximum absolute atomic E-state index is 12.8. The lowest BCUT2D eigenvalue weighted by molar-refractivity contribution is -0.147. The molecule has 1 atom stereocenters. The number of rotatable bonds is 6. The van der Waals surface area contributed by atoms with Crippen molar-refractivity contribution in [1.82, 2.24) is 19.3 Å². The van der Waals surface area contributed by atoms with Gasteiger partial charge in [-0.2, -0.15) is 23.2 Å². The molecule has 0 radical (unpaired) electrons. The number of methoxy groups -OCH3 is 1. The average Bonchev–Trinajstić information content (AvgIpc) is 3.04. The first kappa shape index (κ1) is 22.5. The molecule has 3 aromatic heterocycles. The van der Waals surface area contributed by atoms with E-state index in [9.17, 15) is 26.9 Å². The van der Waals surface area contributed by atoms with Gasteiger partial charge in [0.05, 0.1) is 30.3 Å². The maximum Gasteiger partial charge on any atom is 0.404 e. The van der Waals surface area contributed by atoms with E-state index < -0.39 is 27.1 Å². The number of nitrogens with zero attached hydrogens (tertiary/aromatic N) is 4. The fourth-order valence-corrected chi connectivity index (χ4v) is 4.42. The van der Waals surface area contributed by atoms with Gasteiger partial charge in [0, 0.05) is 17.3 Å². The van der Waals surface area contributed by atoms with Gasteiger partial charge in [-0.05, 0) is 37.3 Å². The molecule has 0 aromatic carbocycles. The van der Waals surface area contributed by atoms with E-state index in [1.165, 1.54) is 19.4 Å². The lowest BCUT2D eigenvalue weighted by Crippen LogP contribution is -2.42. The molecular formula is C21H16F3N5O3S. The summed E-state index contributed by atoms with van der Waals surface area (Å²) in [6, 6.07) is 3.99. The van der Waals surface area contributed by atoms with Gasteiger partial charge in [0.25, 0.3) is 0 Å². The second-order valence-electron chi connectivity index (χ2n) is 7.13. The molecule has 0 fully saturated rings. The molecule has 3 aromatic rings. The lowest BCUT2D eigenvalue weighted by atomic mass is 10.1. The van der Waals surface area contributed by atoms with E-state index in [-0.39, 0.29) is 11.3 Å². The van der Waals surface area contributed by atoms with Crippen molar-refractivity contribution in [3.63, 3.8) is 0 Å². The van der Waals surface area contributed by atoms with E-state index in [4.69, 9.17) is 4.74 Å². The number of aromatic nitrogens is 3. The number of fused-ring (bicyclic) bond motifs is 1. The van der Waals surface area contributed by atoms with Crippen LogP contribution in [-0.4, -0.2) is 42.3 Å². The van der Waals surface area contributed by atoms with E-state index >= 15 is 0 Å². The molecule has 1 aliphatic carbocycles. The highest BCUT2D eigenvalue weighted by atomic mass is 32.2. The molecule has 0 spiro atoms. The standard InChI is InChI=1S/C21H16F3N5O3S/c1-12(21(22,23)24)28-33(30,31)15-6-7-18(26-11-15)19-17(9-25)16-8-14(32-2)10-27-20(16)29(19)13-4-3-5-13/h3-8,10-12,28H,1-2H3/t12-/m1/s1. The predicted molar refractivity (Wildman–Crippen MR) is 113 cm³/mol. The highest BCUT2D eigenvalue weighted by Crippen LogP contribution is 2.37. The second-order valence-corrected chi connectivity index (χ2v) is 8.85. The van der Waals surface area contributed by atoms with Crippen molar-refractivity contribution in [1.29, 1.82) is 5.26 Å². The summed E-state index contributed by atoms with van der Waals surface area (Å²) in [6.07, 6.45) is 3.12. The van der Waals surface area contributed by atoms with Gasteiger partial charge in [-0.25, -0.2) is 13.4 Å². The average molecular weight is 475 g/mol. The molecule has 1 aliphatic rings. The van der Waals surface area contributed by atoms with Crippen LogP contribution in [0.25, 0.3) is 28.1 Å². The zero-order chi connectivity index (χ0) is 24.0. The van der Waals surface area contributed by atoms with Gasteiger partial charge < -0.3 is 4.74 Å². The van der Waals surface area contributed by atoms with Crippen LogP contribution >= 0.6 is 0 Å². The Balaban J connectivity index is 1.82. The van der Waals surface area contributed by atoms with Gasteiger partial charge in [0.2, 0.25) is 10.0 Å². The largest absolute Gasteiger partial charge is 0.495 e. The normalized spacial score (nSPS) is 14.5. The van der Waals surface area contributed by atoms with Crippen LogP contribution in [0.15, 0.2) is 53.7 Å². The molecule has 170 valence electrons. The summed E-state index contributed by atoms with van der Waals surface area (Å²) in [4.78, 5) is 8.11. The van der Waals surface area contributed by atoms with E-state index in [1.807, 2.05) is 0 Å². The number of nitriles is 1. The zero-order valence-corrected chi connectivity index (χ0v) is 18.1. The Hall–Kier alpha value is -3.69. The number of hydrogen-bond donors (Lipinski definition) is 1. The van der Waals surface area contributed by atoms with E-state index in [2.05, 4.69) is 16.0 Å². The minimum atomic E-state index is -4.73. The minimum absolute atomic E-state index is 0.240. The Labute approximate surface area is 186 Å². The zero-order valence-electron chi connectivity index (χ0n) is 17.3. The van der Waals surface area contributed by atoms with Gasteiger partial charge in [-0.1, -0.05) is 6.08 Å². The van der Waals surface area contributed by atoms with Crippen molar-refractivity contribution >= 4 is 26.8 Å². The van der Waals surface area contributed by atoms with Crippen molar-refractivity contribution in [2.75, 3.05) is 7.11 Å². The summed E-state index contributed by atoms with van der Waals surface area (Å²) in [5.74, 6) is 0.445.